The van der Waals surface area contributed by atoms with E-state index in [-0.39, 0.29) is 12.5 Å². The zero-order valence-electron chi connectivity index (χ0n) is 17.2. The molecule has 0 bridgehead atoms. The third-order valence-electron chi connectivity index (χ3n) is 4.85. The highest BCUT2D eigenvalue weighted by atomic mass is 35.5. The molecule has 1 aliphatic rings. The Hall–Kier alpha value is -3.33. The molecule has 0 saturated heterocycles. The van der Waals surface area contributed by atoms with Gasteiger partial charge in [-0.2, -0.15) is 5.10 Å². The van der Waals surface area contributed by atoms with Crippen molar-refractivity contribution < 1.29 is 13.9 Å². The van der Waals surface area contributed by atoms with Gasteiger partial charge < -0.3 is 14.5 Å². The normalized spacial score (nSPS) is 14.1. The van der Waals surface area contributed by atoms with Crippen molar-refractivity contribution in [1.29, 1.82) is 0 Å². The predicted molar refractivity (Wildman–Crippen MR) is 130 cm³/mol. The van der Waals surface area contributed by atoms with Crippen molar-refractivity contribution in [3.8, 4) is 17.0 Å². The Labute approximate surface area is 202 Å². The Morgan fingerprint density at radius 1 is 1.15 bits per heavy atom. The number of carbonyl (C=O) groups is 1. The fourth-order valence-corrected chi connectivity index (χ4v) is 4.41. The molecule has 0 aliphatic carbocycles. The third kappa shape index (κ3) is 4.45. The molecular formula is C23H16Cl2N4O3S. The molecule has 2 aromatic carbocycles. The van der Waals surface area contributed by atoms with Crippen LogP contribution in [0.1, 0.15) is 12.7 Å². The Morgan fingerprint density at radius 2 is 2.03 bits per heavy atom. The second-order valence-electron chi connectivity index (χ2n) is 7.14. The van der Waals surface area contributed by atoms with Crippen LogP contribution in [0.5, 0.6) is 5.75 Å². The van der Waals surface area contributed by atoms with E-state index < -0.39 is 0 Å². The lowest BCUT2D eigenvalue weighted by Crippen LogP contribution is -2.25. The van der Waals surface area contributed by atoms with Crippen molar-refractivity contribution in [2.45, 2.75) is 6.92 Å². The number of anilines is 1. The maximum Gasteiger partial charge on any atom is 0.262 e. The van der Waals surface area contributed by atoms with Gasteiger partial charge in [0.2, 0.25) is 4.80 Å². The summed E-state index contributed by atoms with van der Waals surface area (Å²) in [5, 5.41) is 10.4. The van der Waals surface area contributed by atoms with Gasteiger partial charge in [0, 0.05) is 10.9 Å². The molecule has 10 heteroatoms. The van der Waals surface area contributed by atoms with E-state index >= 15 is 0 Å². The lowest BCUT2D eigenvalue weighted by atomic mass is 10.1. The number of benzene rings is 2. The summed E-state index contributed by atoms with van der Waals surface area (Å²) in [5.74, 6) is 1.07. The first-order valence-corrected chi connectivity index (χ1v) is 11.5. The zero-order chi connectivity index (χ0) is 22.9. The highest BCUT2D eigenvalue weighted by Gasteiger charge is 2.18. The summed E-state index contributed by atoms with van der Waals surface area (Å²) in [4.78, 5) is 17.1. The second-order valence-corrected chi connectivity index (χ2v) is 8.79. The van der Waals surface area contributed by atoms with Crippen LogP contribution in [0.3, 0.4) is 0 Å². The monoisotopic (exact) mass is 498 g/mol. The molecule has 0 unspecified atom stereocenters. The van der Waals surface area contributed by atoms with Crippen molar-refractivity contribution in [2.75, 3.05) is 11.9 Å². The minimum absolute atomic E-state index is 0.00408. The number of fused-ring (bicyclic) bond motifs is 1. The van der Waals surface area contributed by atoms with Crippen LogP contribution in [-0.2, 0) is 4.79 Å². The highest BCUT2D eigenvalue weighted by molar-refractivity contribution is 7.07. The lowest BCUT2D eigenvalue weighted by molar-refractivity contribution is -0.118. The van der Waals surface area contributed by atoms with Crippen LogP contribution >= 0.6 is 34.5 Å². The average Bonchev–Trinajstić information content (AvgIpc) is 3.47. The number of carbonyl (C=O) groups excluding carboxylic acids is 1. The minimum Gasteiger partial charge on any atom is -0.482 e. The zero-order valence-corrected chi connectivity index (χ0v) is 19.5. The largest absolute Gasteiger partial charge is 0.482 e. The Morgan fingerprint density at radius 3 is 2.82 bits per heavy atom. The molecular weight excluding hydrogens is 483 g/mol. The molecule has 1 aliphatic heterocycles. The number of halogens is 2. The maximum absolute atomic E-state index is 11.8. The molecule has 4 aromatic rings. The fourth-order valence-electron chi connectivity index (χ4n) is 3.26. The molecule has 0 radical (unpaired) electrons. The molecule has 1 N–H and O–H groups in total. The van der Waals surface area contributed by atoms with E-state index in [0.717, 1.165) is 11.3 Å². The summed E-state index contributed by atoms with van der Waals surface area (Å²) in [6, 6.07) is 14.4. The second kappa shape index (κ2) is 8.90. The summed E-state index contributed by atoms with van der Waals surface area (Å²) in [5.41, 5.74) is 3.54. The first-order chi connectivity index (χ1) is 16.0. The topological polar surface area (TPSA) is 81.1 Å². The van der Waals surface area contributed by atoms with Gasteiger partial charge in [0.25, 0.3) is 5.91 Å². The summed E-state index contributed by atoms with van der Waals surface area (Å²) < 4.78 is 12.7. The molecule has 2 aromatic heterocycles. The Kier molecular flexibility index (Phi) is 5.80. The van der Waals surface area contributed by atoms with Crippen molar-refractivity contribution in [1.82, 2.24) is 4.68 Å². The molecule has 1 amide bonds. The molecule has 0 fully saturated rings. The van der Waals surface area contributed by atoms with Crippen LogP contribution in [0.25, 0.3) is 11.3 Å². The number of aromatic nitrogens is 1. The van der Waals surface area contributed by atoms with Crippen molar-refractivity contribution in [3.05, 3.63) is 80.8 Å². The third-order valence-corrected chi connectivity index (χ3v) is 6.40. The van der Waals surface area contributed by atoms with E-state index in [1.54, 1.807) is 35.2 Å². The predicted octanol–water partition coefficient (Wildman–Crippen LogP) is 5.95. The van der Waals surface area contributed by atoms with Gasteiger partial charge in [-0.15, -0.1) is 11.3 Å². The van der Waals surface area contributed by atoms with Crippen molar-refractivity contribution in [2.24, 2.45) is 10.1 Å². The van der Waals surface area contributed by atoms with E-state index in [1.807, 2.05) is 36.6 Å². The van der Waals surface area contributed by atoms with Crippen LogP contribution in [0.4, 0.5) is 11.4 Å². The SMILES string of the molecule is CC(=Nn1c(-c2ccc3c(c2)NC(=O)CO3)csc1=Nc1ccc(Cl)c(Cl)c1)c1ccco1. The lowest BCUT2D eigenvalue weighted by Gasteiger charge is -2.18. The van der Waals surface area contributed by atoms with Crippen LogP contribution in [0, 0.1) is 0 Å². The minimum atomic E-state index is -0.195. The molecule has 0 spiro atoms. The van der Waals surface area contributed by atoms with Gasteiger partial charge >= 0.3 is 0 Å². The van der Waals surface area contributed by atoms with E-state index in [2.05, 4.69) is 5.32 Å². The van der Waals surface area contributed by atoms with E-state index in [9.17, 15) is 4.79 Å². The Bertz CT molecular complexity index is 1450. The quantitative estimate of drug-likeness (QED) is 0.352. The van der Waals surface area contributed by atoms with Crippen molar-refractivity contribution >= 4 is 57.5 Å². The van der Waals surface area contributed by atoms with Gasteiger partial charge in [0.15, 0.2) is 6.61 Å². The van der Waals surface area contributed by atoms with E-state index in [1.165, 1.54) is 11.3 Å². The first kappa shape index (κ1) is 21.5. The highest BCUT2D eigenvalue weighted by Crippen LogP contribution is 2.33. The van der Waals surface area contributed by atoms with Gasteiger partial charge in [0.05, 0.1) is 33.4 Å². The summed E-state index contributed by atoms with van der Waals surface area (Å²) in [7, 11) is 0. The van der Waals surface area contributed by atoms with E-state index in [0.29, 0.717) is 43.4 Å². The molecule has 3 heterocycles. The molecule has 0 atom stereocenters. The van der Waals surface area contributed by atoms with Crippen LogP contribution in [-0.4, -0.2) is 22.9 Å². The number of amides is 1. The number of thiazole rings is 1. The van der Waals surface area contributed by atoms with E-state index in [4.69, 9.17) is 42.4 Å². The van der Waals surface area contributed by atoms with Gasteiger partial charge in [-0.05, 0) is 55.5 Å². The number of nitrogens with zero attached hydrogens (tertiary/aromatic N) is 3. The summed E-state index contributed by atoms with van der Waals surface area (Å²) in [6.45, 7) is 1.86. The van der Waals surface area contributed by atoms with Gasteiger partial charge in [0.1, 0.15) is 17.2 Å². The average molecular weight is 499 g/mol. The summed E-state index contributed by atoms with van der Waals surface area (Å²) in [6.07, 6.45) is 1.60. The number of rotatable bonds is 4. The molecule has 7 nitrogen and oxygen atoms in total. The first-order valence-electron chi connectivity index (χ1n) is 9.85. The number of furan rings is 1. The smallest absolute Gasteiger partial charge is 0.262 e. The molecule has 33 heavy (non-hydrogen) atoms. The Balaban J connectivity index is 1.66. The molecule has 5 rings (SSSR count). The van der Waals surface area contributed by atoms with Gasteiger partial charge in [-0.3, -0.25) is 4.79 Å². The van der Waals surface area contributed by atoms with Gasteiger partial charge in [-0.1, -0.05) is 23.2 Å². The van der Waals surface area contributed by atoms with Crippen LogP contribution in [0.2, 0.25) is 10.0 Å². The van der Waals surface area contributed by atoms with Crippen LogP contribution in [0.15, 0.2) is 74.7 Å². The maximum atomic E-state index is 11.8. The number of nitrogens with one attached hydrogen (secondary N) is 1. The van der Waals surface area contributed by atoms with Crippen LogP contribution < -0.4 is 14.9 Å². The number of hydrogen-bond donors (Lipinski definition) is 1. The molecule has 166 valence electrons. The van der Waals surface area contributed by atoms with Gasteiger partial charge in [-0.25, -0.2) is 9.67 Å². The fraction of sp³-hybridized carbons (Fsp3) is 0.0870. The standard InChI is InChI=1S/C23H16Cl2N4O3S/c1-13(20-3-2-8-31-20)28-29-19(14-4-7-21-18(9-14)27-22(30)11-32-21)12-33-23(29)26-15-5-6-16(24)17(25)10-15/h2-10,12H,11H2,1H3,(H,27,30). The summed E-state index contributed by atoms with van der Waals surface area (Å²) >= 11 is 13.6. The number of hydrogen-bond acceptors (Lipinski definition) is 6. The molecule has 0 saturated carbocycles. The van der Waals surface area contributed by atoms with Crippen molar-refractivity contribution in [3.63, 3.8) is 0 Å². The number of ether oxygens (including phenoxy) is 1.